The van der Waals surface area contributed by atoms with Gasteiger partial charge in [-0.15, -0.1) is 0 Å². The van der Waals surface area contributed by atoms with Crippen LogP contribution in [0.2, 0.25) is 0 Å². The summed E-state index contributed by atoms with van der Waals surface area (Å²) >= 11 is 0. The first-order valence-electron chi connectivity index (χ1n) is 11.8. The second-order valence-electron chi connectivity index (χ2n) is 8.64. The SMILES string of the molecule is C/C=C(\C=C/N)C(/C)=C/C(=C\N)c1ccc2c(ccc3c4ccccc4n(-c4ccccc4)c23)c1. The highest BCUT2D eigenvalue weighted by Gasteiger charge is 2.15. The molecule has 3 nitrogen and oxygen atoms in total. The van der Waals surface area contributed by atoms with Crippen LogP contribution in [0.5, 0.6) is 0 Å². The van der Waals surface area contributed by atoms with E-state index in [1.54, 1.807) is 12.4 Å². The van der Waals surface area contributed by atoms with Crippen LogP contribution in [-0.4, -0.2) is 4.57 Å². The summed E-state index contributed by atoms with van der Waals surface area (Å²) in [5.74, 6) is 0. The van der Waals surface area contributed by atoms with E-state index in [-0.39, 0.29) is 0 Å². The Bertz CT molecular complexity index is 1660. The van der Waals surface area contributed by atoms with Gasteiger partial charge in [0, 0.05) is 28.0 Å². The van der Waals surface area contributed by atoms with Crippen molar-refractivity contribution in [1.29, 1.82) is 0 Å². The summed E-state index contributed by atoms with van der Waals surface area (Å²) in [6.45, 7) is 4.08. The summed E-state index contributed by atoms with van der Waals surface area (Å²) in [7, 11) is 0. The Morgan fingerprint density at radius 1 is 0.800 bits per heavy atom. The van der Waals surface area contributed by atoms with Gasteiger partial charge >= 0.3 is 0 Å². The van der Waals surface area contributed by atoms with Crippen LogP contribution in [0.4, 0.5) is 0 Å². The molecule has 0 aliphatic rings. The first kappa shape index (κ1) is 22.3. The van der Waals surface area contributed by atoms with Crippen molar-refractivity contribution in [3.63, 3.8) is 0 Å². The van der Waals surface area contributed by atoms with Crippen molar-refractivity contribution >= 4 is 38.2 Å². The number of para-hydroxylation sites is 2. The lowest BCUT2D eigenvalue weighted by Crippen LogP contribution is -1.94. The number of rotatable bonds is 5. The minimum atomic E-state index is 0.970. The molecule has 0 aliphatic carbocycles. The number of aromatic nitrogens is 1. The molecule has 0 fully saturated rings. The minimum Gasteiger partial charge on any atom is -0.405 e. The molecule has 0 radical (unpaired) electrons. The van der Waals surface area contributed by atoms with Crippen molar-refractivity contribution < 1.29 is 0 Å². The molecule has 4 N–H and O–H groups in total. The lowest BCUT2D eigenvalue weighted by atomic mass is 9.97. The predicted octanol–water partition coefficient (Wildman–Crippen LogP) is 7.60. The fraction of sp³-hybridized carbons (Fsp3) is 0.0625. The van der Waals surface area contributed by atoms with Gasteiger partial charge in [-0.1, -0.05) is 66.7 Å². The predicted molar refractivity (Wildman–Crippen MR) is 151 cm³/mol. The van der Waals surface area contributed by atoms with E-state index >= 15 is 0 Å². The molecule has 0 amide bonds. The summed E-state index contributed by atoms with van der Waals surface area (Å²) < 4.78 is 2.37. The number of benzene rings is 4. The zero-order chi connectivity index (χ0) is 24.4. The molecule has 0 bridgehead atoms. The van der Waals surface area contributed by atoms with E-state index in [1.165, 1.54) is 32.6 Å². The first-order chi connectivity index (χ1) is 17.2. The van der Waals surface area contributed by atoms with Crippen molar-refractivity contribution in [1.82, 2.24) is 4.57 Å². The summed E-state index contributed by atoms with van der Waals surface area (Å²) in [5, 5.41) is 4.89. The summed E-state index contributed by atoms with van der Waals surface area (Å²) in [4.78, 5) is 0. The van der Waals surface area contributed by atoms with Gasteiger partial charge in [0.05, 0.1) is 11.0 Å². The van der Waals surface area contributed by atoms with E-state index in [0.29, 0.717) is 0 Å². The molecule has 1 aromatic heterocycles. The molecule has 1 heterocycles. The second kappa shape index (κ2) is 9.40. The molecule has 3 heteroatoms. The number of fused-ring (bicyclic) bond motifs is 5. The lowest BCUT2D eigenvalue weighted by molar-refractivity contribution is 1.19. The number of nitrogens with zero attached hydrogens (tertiary/aromatic N) is 1. The second-order valence-corrected chi connectivity index (χ2v) is 8.64. The van der Waals surface area contributed by atoms with Crippen LogP contribution in [0.1, 0.15) is 19.4 Å². The van der Waals surface area contributed by atoms with Gasteiger partial charge in [-0.25, -0.2) is 0 Å². The van der Waals surface area contributed by atoms with Gasteiger partial charge in [-0.3, -0.25) is 0 Å². The van der Waals surface area contributed by atoms with Gasteiger partial charge in [-0.05, 0) is 84.1 Å². The molecule has 0 unspecified atom stereocenters. The van der Waals surface area contributed by atoms with E-state index in [2.05, 4.69) is 102 Å². The lowest BCUT2D eigenvalue weighted by Gasteiger charge is -2.11. The van der Waals surface area contributed by atoms with Crippen LogP contribution in [0.3, 0.4) is 0 Å². The molecular weight excluding hydrogens is 426 g/mol. The number of hydrogen-bond acceptors (Lipinski definition) is 2. The van der Waals surface area contributed by atoms with Crippen molar-refractivity contribution in [2.45, 2.75) is 13.8 Å². The van der Waals surface area contributed by atoms with Crippen molar-refractivity contribution in [2.75, 3.05) is 0 Å². The monoisotopic (exact) mass is 455 g/mol. The first-order valence-corrected chi connectivity index (χ1v) is 11.8. The quantitative estimate of drug-likeness (QED) is 0.268. The van der Waals surface area contributed by atoms with Gasteiger partial charge in [0.15, 0.2) is 0 Å². The Balaban J connectivity index is 1.73. The maximum atomic E-state index is 6.08. The summed E-state index contributed by atoms with van der Waals surface area (Å²) in [5.41, 5.74) is 19.5. The Morgan fingerprint density at radius 3 is 2.29 bits per heavy atom. The molecule has 172 valence electrons. The average Bonchev–Trinajstić information content (AvgIpc) is 3.25. The van der Waals surface area contributed by atoms with Crippen molar-refractivity contribution in [3.05, 3.63) is 132 Å². The van der Waals surface area contributed by atoms with Crippen LogP contribution >= 0.6 is 0 Å². The van der Waals surface area contributed by atoms with E-state index in [9.17, 15) is 0 Å². The Morgan fingerprint density at radius 2 is 1.54 bits per heavy atom. The van der Waals surface area contributed by atoms with Gasteiger partial charge in [0.25, 0.3) is 0 Å². The molecule has 5 rings (SSSR count). The fourth-order valence-electron chi connectivity index (χ4n) is 4.92. The van der Waals surface area contributed by atoms with Crippen LogP contribution in [0.25, 0.3) is 43.8 Å². The van der Waals surface area contributed by atoms with E-state index < -0.39 is 0 Å². The summed E-state index contributed by atoms with van der Waals surface area (Å²) in [6.07, 6.45) is 9.29. The van der Waals surface area contributed by atoms with Crippen LogP contribution in [-0.2, 0) is 0 Å². The van der Waals surface area contributed by atoms with E-state index in [1.807, 2.05) is 19.1 Å². The zero-order valence-electron chi connectivity index (χ0n) is 20.1. The Labute approximate surface area is 206 Å². The molecule has 0 aliphatic heterocycles. The van der Waals surface area contributed by atoms with Crippen molar-refractivity contribution in [3.8, 4) is 5.69 Å². The topological polar surface area (TPSA) is 57.0 Å². The van der Waals surface area contributed by atoms with Crippen LogP contribution in [0.15, 0.2) is 127 Å². The third kappa shape index (κ3) is 3.91. The smallest absolute Gasteiger partial charge is 0.0619 e. The van der Waals surface area contributed by atoms with Crippen LogP contribution in [0, 0.1) is 0 Å². The molecule has 0 saturated heterocycles. The van der Waals surface area contributed by atoms with Gasteiger partial charge in [0.1, 0.15) is 0 Å². The normalized spacial score (nSPS) is 13.5. The highest BCUT2D eigenvalue weighted by molar-refractivity contribution is 6.18. The van der Waals surface area contributed by atoms with Gasteiger partial charge in [0.2, 0.25) is 0 Å². The average molecular weight is 456 g/mol. The molecule has 35 heavy (non-hydrogen) atoms. The Kier molecular flexibility index (Phi) is 5.99. The largest absolute Gasteiger partial charge is 0.405 e. The highest BCUT2D eigenvalue weighted by atomic mass is 15.0. The zero-order valence-corrected chi connectivity index (χ0v) is 20.1. The van der Waals surface area contributed by atoms with E-state index in [4.69, 9.17) is 11.5 Å². The third-order valence-electron chi connectivity index (χ3n) is 6.59. The number of nitrogens with two attached hydrogens (primary N) is 2. The number of allylic oxidation sites excluding steroid dienone is 6. The fourth-order valence-corrected chi connectivity index (χ4v) is 4.92. The molecule has 4 aromatic carbocycles. The van der Waals surface area contributed by atoms with Gasteiger partial charge in [-0.2, -0.15) is 0 Å². The molecule has 5 aromatic rings. The van der Waals surface area contributed by atoms with E-state index in [0.717, 1.165) is 28.0 Å². The van der Waals surface area contributed by atoms with Gasteiger partial charge < -0.3 is 16.0 Å². The number of hydrogen-bond donors (Lipinski definition) is 2. The maximum Gasteiger partial charge on any atom is 0.0619 e. The van der Waals surface area contributed by atoms with Crippen molar-refractivity contribution in [2.24, 2.45) is 11.5 Å². The molecule has 0 atom stereocenters. The standard InChI is InChI=1S/C32H29N3/c1-3-23(17-18-33)22(2)19-26(21-34)24-13-15-28-25(20-24)14-16-30-29-11-7-8-12-31(29)35(32(28)30)27-9-5-4-6-10-27/h3-21H,33-34H2,1-2H3/b18-17-,22-19+,23-3+,26-21+. The maximum absolute atomic E-state index is 6.08. The Hall–Kier alpha value is -4.50. The minimum absolute atomic E-state index is 0.970. The molecule has 0 spiro atoms. The van der Waals surface area contributed by atoms with Crippen LogP contribution < -0.4 is 11.5 Å². The molecular formula is C32H29N3. The summed E-state index contributed by atoms with van der Waals surface area (Å²) in [6, 6.07) is 30.2. The molecule has 0 saturated carbocycles. The highest BCUT2D eigenvalue weighted by Crippen LogP contribution is 2.37. The third-order valence-corrected chi connectivity index (χ3v) is 6.59.